The minimum atomic E-state index is -1.61. The van der Waals surface area contributed by atoms with E-state index in [0.717, 1.165) is 10.9 Å². The molecule has 0 saturated heterocycles. The maximum atomic E-state index is 14.6. The van der Waals surface area contributed by atoms with Crippen molar-refractivity contribution < 1.29 is 57.3 Å². The smallest absolute Gasteiger partial charge is 0.408 e. The van der Waals surface area contributed by atoms with Gasteiger partial charge in [0, 0.05) is 11.9 Å². The van der Waals surface area contributed by atoms with Crippen molar-refractivity contribution in [1.82, 2.24) is 31.6 Å². The summed E-state index contributed by atoms with van der Waals surface area (Å²) in [6, 6.07) is 30.4. The molecule has 5 aromatic rings. The third-order valence-electron chi connectivity index (χ3n) is 10.9. The Morgan fingerprint density at radius 1 is 0.507 bits per heavy atom. The lowest BCUT2D eigenvalue weighted by Crippen LogP contribution is -2.57. The second-order valence-corrected chi connectivity index (χ2v) is 19.6. The molecule has 4 aromatic carbocycles. The van der Waals surface area contributed by atoms with Crippen molar-refractivity contribution in [2.24, 2.45) is 0 Å². The first-order chi connectivity index (χ1) is 35.7. The number of carbonyl (C=O) groups is 8. The van der Waals surface area contributed by atoms with Gasteiger partial charge in [-0.3, -0.25) is 33.8 Å². The molecule has 0 bridgehead atoms. The number of carbonyl (C=O) groups excluding carboxylic acids is 8. The maximum absolute atomic E-state index is 14.6. The standard InChI is InChI=1S/C56H67N7O12/c1-55(2,3)74-53(70)62-45(32-47(64)72-35-38-21-12-8-13-22-38)49(66)57-30-18-27-43(60-52(69)46(63-54(71)75-56(4,5)6)33-48(65)73-36-39-23-14-9-15-24-39)51(68)61-44(29-28-37-19-10-7-11-20-37)50(67)59-41-31-40-25-16-17-26-42(40)58-34-41/h7-17,19-26,31,34,43-46H,18,27-30,32-33,35-36H2,1-6H3,(H,57,66)(H,59,67)(H,60,69)(H,61,68)(H,62,70)(H,63,71)/t43-,44-,45+,46+/m1/s1. The van der Waals surface area contributed by atoms with E-state index in [4.69, 9.17) is 18.9 Å². The second kappa shape index (κ2) is 28.2. The molecule has 0 spiro atoms. The van der Waals surface area contributed by atoms with Crippen LogP contribution in [0.1, 0.15) is 90.3 Å². The summed E-state index contributed by atoms with van der Waals surface area (Å²) in [7, 11) is 0. The van der Waals surface area contributed by atoms with E-state index in [1.807, 2.05) is 54.6 Å². The Balaban J connectivity index is 1.37. The van der Waals surface area contributed by atoms with Crippen LogP contribution in [0.3, 0.4) is 0 Å². The number of fused-ring (bicyclic) bond motifs is 1. The normalized spacial score (nSPS) is 12.8. The van der Waals surface area contributed by atoms with Crippen LogP contribution in [-0.2, 0) is 67.3 Å². The summed E-state index contributed by atoms with van der Waals surface area (Å²) in [5.41, 5.74) is 1.42. The number of ether oxygens (including phenoxy) is 4. The van der Waals surface area contributed by atoms with Gasteiger partial charge >= 0.3 is 24.1 Å². The molecule has 0 aliphatic rings. The van der Waals surface area contributed by atoms with Crippen molar-refractivity contribution in [3.8, 4) is 0 Å². The summed E-state index contributed by atoms with van der Waals surface area (Å²) in [6.07, 6.45) is -1.41. The Morgan fingerprint density at radius 2 is 0.960 bits per heavy atom. The van der Waals surface area contributed by atoms with Crippen LogP contribution in [0.4, 0.5) is 15.3 Å². The van der Waals surface area contributed by atoms with Gasteiger partial charge in [-0.15, -0.1) is 0 Å². The molecule has 0 aliphatic heterocycles. The largest absolute Gasteiger partial charge is 0.461 e. The average molecular weight is 1030 g/mol. The highest BCUT2D eigenvalue weighted by Gasteiger charge is 2.33. The topological polar surface area (TPSA) is 259 Å². The molecule has 1 aromatic heterocycles. The number of pyridine rings is 1. The van der Waals surface area contributed by atoms with E-state index in [9.17, 15) is 38.4 Å². The Bertz CT molecular complexity index is 2710. The zero-order chi connectivity index (χ0) is 54.4. The minimum absolute atomic E-state index is 0.00532. The van der Waals surface area contributed by atoms with E-state index in [0.29, 0.717) is 28.8 Å². The van der Waals surface area contributed by atoms with Crippen molar-refractivity contribution in [2.75, 3.05) is 11.9 Å². The number of nitrogens with zero attached hydrogens (tertiary/aromatic N) is 1. The summed E-state index contributed by atoms with van der Waals surface area (Å²) >= 11 is 0. The summed E-state index contributed by atoms with van der Waals surface area (Å²) in [5, 5.41) is 16.6. The number of aromatic nitrogens is 1. The molecular weight excluding hydrogens is 963 g/mol. The predicted octanol–water partition coefficient (Wildman–Crippen LogP) is 6.73. The minimum Gasteiger partial charge on any atom is -0.461 e. The number of rotatable bonds is 24. The molecule has 5 rings (SSSR count). The van der Waals surface area contributed by atoms with Gasteiger partial charge in [-0.25, -0.2) is 9.59 Å². The molecule has 0 saturated carbocycles. The Hall–Kier alpha value is -8.35. The number of hydrogen-bond donors (Lipinski definition) is 6. The van der Waals surface area contributed by atoms with Crippen LogP contribution in [0.25, 0.3) is 10.9 Å². The van der Waals surface area contributed by atoms with Crippen molar-refractivity contribution in [3.05, 3.63) is 144 Å². The molecule has 6 N–H and O–H groups in total. The van der Waals surface area contributed by atoms with Gasteiger partial charge in [0.15, 0.2) is 0 Å². The summed E-state index contributed by atoms with van der Waals surface area (Å²) < 4.78 is 21.6. The van der Waals surface area contributed by atoms with Crippen LogP contribution in [0.15, 0.2) is 128 Å². The number of nitrogens with one attached hydrogen (secondary N) is 6. The van der Waals surface area contributed by atoms with Crippen molar-refractivity contribution in [1.29, 1.82) is 0 Å². The molecule has 4 atom stereocenters. The lowest BCUT2D eigenvalue weighted by molar-refractivity contribution is -0.147. The van der Waals surface area contributed by atoms with Crippen LogP contribution in [0.5, 0.6) is 0 Å². The van der Waals surface area contributed by atoms with Gasteiger partial charge < -0.3 is 50.8 Å². The number of anilines is 1. The SMILES string of the molecule is CC(C)(C)OC(=O)N[C@@H](CC(=O)OCc1ccccc1)C(=O)NCCC[C@@H](NC(=O)[C@H](CC(=O)OCc1ccccc1)NC(=O)OC(C)(C)C)C(=O)N[C@H](CCc1ccccc1)C(=O)Nc1cnc2ccccc2c1. The van der Waals surface area contributed by atoms with Crippen LogP contribution in [0, 0.1) is 0 Å². The summed E-state index contributed by atoms with van der Waals surface area (Å²) in [5.74, 6) is -4.77. The third-order valence-corrected chi connectivity index (χ3v) is 10.9. The summed E-state index contributed by atoms with van der Waals surface area (Å²) in [4.78, 5) is 113. The number of para-hydroxylation sites is 1. The first kappa shape index (κ1) is 57.5. The van der Waals surface area contributed by atoms with Crippen LogP contribution in [0.2, 0.25) is 0 Å². The van der Waals surface area contributed by atoms with Gasteiger partial charge in [0.05, 0.1) is 30.2 Å². The van der Waals surface area contributed by atoms with Crippen molar-refractivity contribution in [3.63, 3.8) is 0 Å². The fraction of sp³-hybridized carbons (Fsp3) is 0.375. The molecule has 0 unspecified atom stereocenters. The van der Waals surface area contributed by atoms with Crippen LogP contribution >= 0.6 is 0 Å². The zero-order valence-corrected chi connectivity index (χ0v) is 43.1. The van der Waals surface area contributed by atoms with Crippen LogP contribution in [-0.4, -0.2) is 94.7 Å². The fourth-order valence-electron chi connectivity index (χ4n) is 7.29. The van der Waals surface area contributed by atoms with E-state index < -0.39 is 96.0 Å². The Morgan fingerprint density at radius 3 is 1.48 bits per heavy atom. The van der Waals surface area contributed by atoms with Gasteiger partial charge in [0.1, 0.15) is 48.6 Å². The van der Waals surface area contributed by atoms with Crippen LogP contribution < -0.4 is 31.9 Å². The molecule has 1 heterocycles. The lowest BCUT2D eigenvalue weighted by atomic mass is 10.0. The maximum Gasteiger partial charge on any atom is 0.408 e. The molecular formula is C56H67N7O12. The first-order valence-electron chi connectivity index (χ1n) is 24.7. The highest BCUT2D eigenvalue weighted by atomic mass is 16.6. The number of aryl methyl sites for hydroxylation is 1. The predicted molar refractivity (Wildman–Crippen MR) is 279 cm³/mol. The second-order valence-electron chi connectivity index (χ2n) is 19.6. The van der Waals surface area contributed by atoms with E-state index in [2.05, 4.69) is 36.9 Å². The molecule has 19 nitrogen and oxygen atoms in total. The van der Waals surface area contributed by atoms with E-state index in [-0.39, 0.29) is 39.0 Å². The number of alkyl carbamates (subject to hydrolysis) is 2. The zero-order valence-electron chi connectivity index (χ0n) is 43.1. The van der Waals surface area contributed by atoms with Gasteiger partial charge in [0.25, 0.3) is 0 Å². The average Bonchev–Trinajstić information content (AvgIpc) is 3.36. The van der Waals surface area contributed by atoms with E-state index in [1.54, 1.807) is 108 Å². The molecule has 398 valence electrons. The van der Waals surface area contributed by atoms with Crippen molar-refractivity contribution in [2.45, 2.75) is 129 Å². The molecule has 19 heteroatoms. The molecule has 0 radical (unpaired) electrons. The van der Waals surface area contributed by atoms with Gasteiger partial charge in [-0.2, -0.15) is 0 Å². The monoisotopic (exact) mass is 1030 g/mol. The van der Waals surface area contributed by atoms with E-state index >= 15 is 0 Å². The Labute approximate surface area is 436 Å². The third kappa shape index (κ3) is 21.3. The highest BCUT2D eigenvalue weighted by molar-refractivity contribution is 6.00. The number of esters is 2. The Kier molecular flexibility index (Phi) is 21.6. The molecule has 6 amide bonds. The fourth-order valence-corrected chi connectivity index (χ4v) is 7.29. The highest BCUT2D eigenvalue weighted by Crippen LogP contribution is 2.18. The number of amides is 6. The van der Waals surface area contributed by atoms with Gasteiger partial charge in [0.2, 0.25) is 23.6 Å². The quantitative estimate of drug-likeness (QED) is 0.0213. The lowest BCUT2D eigenvalue weighted by Gasteiger charge is -2.26. The number of benzene rings is 4. The van der Waals surface area contributed by atoms with E-state index in [1.165, 1.54) is 6.20 Å². The first-order valence-corrected chi connectivity index (χ1v) is 24.7. The van der Waals surface area contributed by atoms with Gasteiger partial charge in [-0.05, 0) is 96.0 Å². The van der Waals surface area contributed by atoms with Gasteiger partial charge in [-0.1, -0.05) is 109 Å². The number of hydrogen-bond acceptors (Lipinski definition) is 13. The molecule has 75 heavy (non-hydrogen) atoms. The summed E-state index contributed by atoms with van der Waals surface area (Å²) in [6.45, 7) is 9.40. The molecule has 0 fully saturated rings. The van der Waals surface area contributed by atoms with Crippen molar-refractivity contribution >= 4 is 64.3 Å². The molecule has 0 aliphatic carbocycles.